The van der Waals surface area contributed by atoms with E-state index in [1.165, 1.54) is 19.9 Å². The van der Waals surface area contributed by atoms with Crippen molar-refractivity contribution < 1.29 is 14.7 Å². The molecule has 4 nitrogen and oxygen atoms in total. The van der Waals surface area contributed by atoms with Crippen LogP contribution in [0.4, 0.5) is 0 Å². The van der Waals surface area contributed by atoms with E-state index in [0.717, 1.165) is 11.1 Å². The number of hydrogen-bond acceptors (Lipinski definition) is 2. The van der Waals surface area contributed by atoms with Gasteiger partial charge in [-0.05, 0) is 32.4 Å². The molecule has 0 aliphatic rings. The Morgan fingerprint density at radius 2 is 2.00 bits per heavy atom. The zero-order valence-corrected chi connectivity index (χ0v) is 10.7. The number of rotatable bonds is 4. The molecule has 2 N–H and O–H groups in total. The van der Waals surface area contributed by atoms with Crippen molar-refractivity contribution in [2.24, 2.45) is 0 Å². The minimum atomic E-state index is -1.27. The molecule has 0 saturated heterocycles. The quantitative estimate of drug-likeness (QED) is 0.799. The Labute approximate surface area is 106 Å². The van der Waals surface area contributed by atoms with Gasteiger partial charge in [0.1, 0.15) is 5.54 Å². The van der Waals surface area contributed by atoms with Gasteiger partial charge >= 0.3 is 5.97 Å². The number of carboxylic acids is 1. The van der Waals surface area contributed by atoms with Gasteiger partial charge in [-0.25, -0.2) is 4.79 Å². The van der Waals surface area contributed by atoms with Gasteiger partial charge in [-0.2, -0.15) is 0 Å². The van der Waals surface area contributed by atoms with Crippen molar-refractivity contribution in [1.82, 2.24) is 5.32 Å². The maximum Gasteiger partial charge on any atom is 0.328 e. The highest BCUT2D eigenvalue weighted by atomic mass is 16.4. The fourth-order valence-corrected chi connectivity index (χ4v) is 1.35. The second-order valence-corrected chi connectivity index (χ2v) is 4.67. The summed E-state index contributed by atoms with van der Waals surface area (Å²) in [5.41, 5.74) is 0.732. The molecule has 0 bridgehead atoms. The van der Waals surface area contributed by atoms with Crippen LogP contribution in [-0.4, -0.2) is 22.5 Å². The van der Waals surface area contributed by atoms with Gasteiger partial charge in [0, 0.05) is 6.08 Å². The summed E-state index contributed by atoms with van der Waals surface area (Å²) < 4.78 is 0. The van der Waals surface area contributed by atoms with E-state index < -0.39 is 17.4 Å². The molecule has 0 fully saturated rings. The standard InChI is InChI=1S/C14H17NO3/c1-10-5-4-6-11(9-10)7-8-12(16)15-14(2,3)13(17)18/h4-9H,1-3H3,(H,15,16)(H,17,18)/b8-7+. The maximum atomic E-state index is 11.6. The summed E-state index contributed by atoms with van der Waals surface area (Å²) in [5.74, 6) is -1.50. The lowest BCUT2D eigenvalue weighted by Crippen LogP contribution is -2.49. The summed E-state index contributed by atoms with van der Waals surface area (Å²) in [4.78, 5) is 22.4. The summed E-state index contributed by atoms with van der Waals surface area (Å²) in [5, 5.41) is 11.3. The molecule has 0 heterocycles. The van der Waals surface area contributed by atoms with E-state index in [0.29, 0.717) is 0 Å². The monoisotopic (exact) mass is 247 g/mol. The van der Waals surface area contributed by atoms with Crippen LogP contribution in [0.5, 0.6) is 0 Å². The third kappa shape index (κ3) is 4.05. The number of aliphatic carboxylic acids is 1. The van der Waals surface area contributed by atoms with E-state index in [9.17, 15) is 9.59 Å². The van der Waals surface area contributed by atoms with E-state index in [-0.39, 0.29) is 0 Å². The molecule has 0 unspecified atom stereocenters. The third-order valence-corrected chi connectivity index (χ3v) is 2.44. The molecule has 0 saturated carbocycles. The first kappa shape index (κ1) is 14.0. The molecule has 1 amide bonds. The summed E-state index contributed by atoms with van der Waals surface area (Å²) in [6.07, 6.45) is 2.99. The van der Waals surface area contributed by atoms with Gasteiger partial charge < -0.3 is 10.4 Å². The molecule has 0 spiro atoms. The fraction of sp³-hybridized carbons (Fsp3) is 0.286. The van der Waals surface area contributed by atoms with Gasteiger partial charge in [-0.3, -0.25) is 4.79 Å². The van der Waals surface area contributed by atoms with Crippen LogP contribution in [0.15, 0.2) is 30.3 Å². The van der Waals surface area contributed by atoms with Crippen LogP contribution >= 0.6 is 0 Å². The fourth-order valence-electron chi connectivity index (χ4n) is 1.35. The van der Waals surface area contributed by atoms with E-state index in [1.54, 1.807) is 6.08 Å². The predicted octanol–water partition coefficient (Wildman–Crippen LogP) is 1.99. The van der Waals surface area contributed by atoms with Crippen molar-refractivity contribution in [3.05, 3.63) is 41.5 Å². The number of hydrogen-bond donors (Lipinski definition) is 2. The Hall–Kier alpha value is -2.10. The van der Waals surface area contributed by atoms with Crippen molar-refractivity contribution in [3.63, 3.8) is 0 Å². The molecule has 1 aromatic carbocycles. The Morgan fingerprint density at radius 1 is 1.33 bits per heavy atom. The normalized spacial score (nSPS) is 11.5. The minimum absolute atomic E-state index is 0.427. The average molecular weight is 247 g/mol. The zero-order valence-electron chi connectivity index (χ0n) is 10.7. The number of nitrogens with one attached hydrogen (secondary N) is 1. The van der Waals surface area contributed by atoms with Crippen LogP contribution in [0, 0.1) is 6.92 Å². The van der Waals surface area contributed by atoms with Crippen LogP contribution in [0.1, 0.15) is 25.0 Å². The highest BCUT2D eigenvalue weighted by molar-refractivity contribution is 5.95. The van der Waals surface area contributed by atoms with Gasteiger partial charge in [-0.1, -0.05) is 29.8 Å². The summed E-state index contributed by atoms with van der Waals surface area (Å²) in [6.45, 7) is 4.84. The van der Waals surface area contributed by atoms with Crippen LogP contribution in [-0.2, 0) is 9.59 Å². The Balaban J connectivity index is 2.68. The van der Waals surface area contributed by atoms with Crippen molar-refractivity contribution >= 4 is 18.0 Å². The predicted molar refractivity (Wildman–Crippen MR) is 70.1 cm³/mol. The first-order valence-electron chi connectivity index (χ1n) is 5.61. The molecule has 0 radical (unpaired) electrons. The largest absolute Gasteiger partial charge is 0.480 e. The molecule has 0 aliphatic carbocycles. The second-order valence-electron chi connectivity index (χ2n) is 4.67. The number of carbonyl (C=O) groups excluding carboxylic acids is 1. The number of carbonyl (C=O) groups is 2. The lowest BCUT2D eigenvalue weighted by Gasteiger charge is -2.19. The zero-order chi connectivity index (χ0) is 13.8. The summed E-state index contributed by atoms with van der Waals surface area (Å²) >= 11 is 0. The molecule has 96 valence electrons. The summed E-state index contributed by atoms with van der Waals surface area (Å²) in [6, 6.07) is 7.67. The van der Waals surface area contributed by atoms with Crippen LogP contribution in [0.2, 0.25) is 0 Å². The van der Waals surface area contributed by atoms with E-state index in [4.69, 9.17) is 5.11 Å². The van der Waals surface area contributed by atoms with Crippen LogP contribution in [0.3, 0.4) is 0 Å². The van der Waals surface area contributed by atoms with Crippen molar-refractivity contribution in [2.75, 3.05) is 0 Å². The number of carboxylic acid groups (broad SMARTS) is 1. The minimum Gasteiger partial charge on any atom is -0.480 e. The Morgan fingerprint density at radius 3 is 2.56 bits per heavy atom. The van der Waals surface area contributed by atoms with E-state index in [2.05, 4.69) is 5.32 Å². The Bertz CT molecular complexity index is 490. The van der Waals surface area contributed by atoms with Gasteiger partial charge in [0.25, 0.3) is 0 Å². The molecular weight excluding hydrogens is 230 g/mol. The highest BCUT2D eigenvalue weighted by Crippen LogP contribution is 2.06. The molecule has 1 aromatic rings. The highest BCUT2D eigenvalue weighted by Gasteiger charge is 2.27. The van der Waals surface area contributed by atoms with Gasteiger partial charge in [0.05, 0.1) is 0 Å². The second kappa shape index (κ2) is 5.49. The van der Waals surface area contributed by atoms with Crippen molar-refractivity contribution in [3.8, 4) is 0 Å². The average Bonchev–Trinajstić information content (AvgIpc) is 2.25. The first-order valence-corrected chi connectivity index (χ1v) is 5.61. The smallest absolute Gasteiger partial charge is 0.328 e. The number of benzene rings is 1. The Kier molecular flexibility index (Phi) is 4.26. The molecule has 0 aromatic heterocycles. The maximum absolute atomic E-state index is 11.6. The van der Waals surface area contributed by atoms with Crippen molar-refractivity contribution in [2.45, 2.75) is 26.3 Å². The topological polar surface area (TPSA) is 66.4 Å². The SMILES string of the molecule is Cc1cccc(/C=C/C(=O)NC(C)(C)C(=O)O)c1. The lowest BCUT2D eigenvalue weighted by atomic mass is 10.1. The molecule has 4 heteroatoms. The first-order chi connectivity index (χ1) is 8.31. The molecule has 18 heavy (non-hydrogen) atoms. The molecule has 1 rings (SSSR count). The molecule has 0 atom stereocenters. The van der Waals surface area contributed by atoms with Crippen LogP contribution < -0.4 is 5.32 Å². The third-order valence-electron chi connectivity index (χ3n) is 2.44. The lowest BCUT2D eigenvalue weighted by molar-refractivity contribution is -0.145. The van der Waals surface area contributed by atoms with E-state index >= 15 is 0 Å². The summed E-state index contributed by atoms with van der Waals surface area (Å²) in [7, 11) is 0. The number of aryl methyl sites for hydroxylation is 1. The van der Waals surface area contributed by atoms with E-state index in [1.807, 2.05) is 31.2 Å². The van der Waals surface area contributed by atoms with Gasteiger partial charge in [0.2, 0.25) is 5.91 Å². The van der Waals surface area contributed by atoms with Crippen molar-refractivity contribution in [1.29, 1.82) is 0 Å². The van der Waals surface area contributed by atoms with Crippen LogP contribution in [0.25, 0.3) is 6.08 Å². The van der Waals surface area contributed by atoms with Gasteiger partial charge in [-0.15, -0.1) is 0 Å². The molecule has 0 aliphatic heterocycles. The number of amides is 1. The van der Waals surface area contributed by atoms with Gasteiger partial charge in [0.15, 0.2) is 0 Å². The molecular formula is C14H17NO3.